The molecule has 0 spiro atoms. The van der Waals surface area contributed by atoms with Crippen LogP contribution in [-0.2, 0) is 4.79 Å². The third-order valence-electron chi connectivity index (χ3n) is 3.00. The fourth-order valence-corrected chi connectivity index (χ4v) is 1.88. The van der Waals surface area contributed by atoms with Gasteiger partial charge in [0.2, 0.25) is 5.75 Å². The van der Waals surface area contributed by atoms with Gasteiger partial charge < -0.3 is 15.5 Å². The molecule has 0 aliphatic rings. The second-order valence-corrected chi connectivity index (χ2v) is 4.65. The molecule has 0 radical (unpaired) electrons. The zero-order valence-electron chi connectivity index (χ0n) is 12.1. The van der Waals surface area contributed by atoms with Gasteiger partial charge in [0.25, 0.3) is 5.91 Å². The highest BCUT2D eigenvalue weighted by Crippen LogP contribution is 2.36. The number of para-hydroxylation sites is 1. The number of aromatic hydroxyl groups is 2. The van der Waals surface area contributed by atoms with Crippen LogP contribution in [0.2, 0.25) is 0 Å². The number of nitrogens with one attached hydrogen (secondary N) is 1. The molecular formula is C16H11N3O5. The Kier molecular flexibility index (Phi) is 4.77. The Morgan fingerprint density at radius 1 is 1.25 bits per heavy atom. The second kappa shape index (κ2) is 6.93. The lowest BCUT2D eigenvalue weighted by Crippen LogP contribution is -2.13. The molecule has 0 heterocycles. The van der Waals surface area contributed by atoms with Crippen molar-refractivity contribution in [2.45, 2.75) is 0 Å². The number of amides is 1. The summed E-state index contributed by atoms with van der Waals surface area (Å²) in [4.78, 5) is 22.0. The van der Waals surface area contributed by atoms with Crippen molar-refractivity contribution in [2.75, 3.05) is 5.32 Å². The maximum atomic E-state index is 12.1. The summed E-state index contributed by atoms with van der Waals surface area (Å²) in [6.45, 7) is 0. The molecule has 8 nitrogen and oxygen atoms in total. The zero-order valence-corrected chi connectivity index (χ0v) is 12.1. The smallest absolute Gasteiger partial charge is 0.315 e. The summed E-state index contributed by atoms with van der Waals surface area (Å²) in [5.74, 6) is -2.32. The number of carbonyl (C=O) groups excluding carboxylic acids is 1. The minimum absolute atomic E-state index is 0.0248. The van der Waals surface area contributed by atoms with Gasteiger partial charge in [-0.15, -0.1) is 0 Å². The molecule has 24 heavy (non-hydrogen) atoms. The first-order valence-electron chi connectivity index (χ1n) is 6.61. The van der Waals surface area contributed by atoms with Gasteiger partial charge in [0.1, 0.15) is 11.6 Å². The van der Waals surface area contributed by atoms with Crippen LogP contribution >= 0.6 is 0 Å². The first-order valence-corrected chi connectivity index (χ1v) is 6.61. The average Bonchev–Trinajstić information content (AvgIpc) is 2.56. The SMILES string of the molecule is N#C/C(=C\c1cc(O)c(O)c([N+](=O)[O-])c1)C(=O)Nc1ccccc1. The summed E-state index contributed by atoms with van der Waals surface area (Å²) >= 11 is 0. The topological polar surface area (TPSA) is 136 Å². The number of nitriles is 1. The number of phenolic OH excluding ortho intramolecular Hbond substituents is 2. The van der Waals surface area contributed by atoms with Gasteiger partial charge in [-0.3, -0.25) is 14.9 Å². The summed E-state index contributed by atoms with van der Waals surface area (Å²) < 4.78 is 0. The van der Waals surface area contributed by atoms with Crippen molar-refractivity contribution in [3.05, 3.63) is 63.7 Å². The van der Waals surface area contributed by atoms with Gasteiger partial charge in [-0.1, -0.05) is 18.2 Å². The van der Waals surface area contributed by atoms with E-state index in [1.54, 1.807) is 36.4 Å². The van der Waals surface area contributed by atoms with Crippen molar-refractivity contribution >= 4 is 23.4 Å². The van der Waals surface area contributed by atoms with Gasteiger partial charge in [-0.2, -0.15) is 5.26 Å². The van der Waals surface area contributed by atoms with Gasteiger partial charge in [0.15, 0.2) is 5.75 Å². The predicted octanol–water partition coefficient (Wildman–Crippen LogP) is 2.55. The Morgan fingerprint density at radius 3 is 2.50 bits per heavy atom. The minimum Gasteiger partial charge on any atom is -0.504 e. The standard InChI is InChI=1S/C16H11N3O5/c17-9-11(16(22)18-12-4-2-1-3-5-12)6-10-7-13(19(23)24)15(21)14(20)8-10/h1-8,20-21H,(H,18,22)/b11-6+. The van der Waals surface area contributed by atoms with E-state index in [9.17, 15) is 25.1 Å². The molecule has 0 aromatic heterocycles. The van der Waals surface area contributed by atoms with Crippen LogP contribution in [-0.4, -0.2) is 21.0 Å². The molecule has 120 valence electrons. The Morgan fingerprint density at radius 2 is 1.92 bits per heavy atom. The molecule has 0 bridgehead atoms. The van der Waals surface area contributed by atoms with Gasteiger partial charge in [-0.05, 0) is 29.8 Å². The third kappa shape index (κ3) is 3.66. The van der Waals surface area contributed by atoms with E-state index in [0.717, 1.165) is 18.2 Å². The molecule has 0 aliphatic heterocycles. The van der Waals surface area contributed by atoms with Gasteiger partial charge in [0.05, 0.1) is 4.92 Å². The fourth-order valence-electron chi connectivity index (χ4n) is 1.88. The van der Waals surface area contributed by atoms with Crippen LogP contribution in [0.15, 0.2) is 48.0 Å². The second-order valence-electron chi connectivity index (χ2n) is 4.65. The van der Waals surface area contributed by atoms with Crippen molar-refractivity contribution in [1.82, 2.24) is 0 Å². The number of anilines is 1. The molecule has 2 aromatic rings. The Hall–Kier alpha value is -3.86. The molecule has 0 saturated carbocycles. The Labute approximate surface area is 136 Å². The number of hydrogen-bond acceptors (Lipinski definition) is 6. The fraction of sp³-hybridized carbons (Fsp3) is 0. The quantitative estimate of drug-likeness (QED) is 0.260. The van der Waals surface area contributed by atoms with E-state index < -0.39 is 28.0 Å². The molecule has 2 rings (SSSR count). The molecule has 2 aromatic carbocycles. The highest BCUT2D eigenvalue weighted by Gasteiger charge is 2.19. The van der Waals surface area contributed by atoms with Crippen LogP contribution in [0.1, 0.15) is 5.56 Å². The number of nitro benzene ring substituents is 1. The van der Waals surface area contributed by atoms with E-state index in [4.69, 9.17) is 5.26 Å². The van der Waals surface area contributed by atoms with Gasteiger partial charge in [-0.25, -0.2) is 0 Å². The third-order valence-corrected chi connectivity index (χ3v) is 3.00. The molecule has 0 saturated heterocycles. The Balaban J connectivity index is 2.35. The first-order chi connectivity index (χ1) is 11.4. The lowest BCUT2D eigenvalue weighted by atomic mass is 10.1. The largest absolute Gasteiger partial charge is 0.504 e. The molecule has 0 aliphatic carbocycles. The lowest BCUT2D eigenvalue weighted by Gasteiger charge is -2.05. The summed E-state index contributed by atoms with van der Waals surface area (Å²) in [6, 6.07) is 12.1. The zero-order chi connectivity index (χ0) is 17.7. The molecule has 8 heteroatoms. The lowest BCUT2D eigenvalue weighted by molar-refractivity contribution is -0.386. The highest BCUT2D eigenvalue weighted by atomic mass is 16.6. The van der Waals surface area contributed by atoms with Crippen LogP contribution in [0.4, 0.5) is 11.4 Å². The first kappa shape index (κ1) is 16.5. The van der Waals surface area contributed by atoms with Crippen LogP contribution < -0.4 is 5.32 Å². The van der Waals surface area contributed by atoms with E-state index in [2.05, 4.69) is 5.32 Å². The molecule has 0 atom stereocenters. The average molecular weight is 325 g/mol. The number of nitrogens with zero attached hydrogens (tertiary/aromatic N) is 2. The Bertz CT molecular complexity index is 869. The number of rotatable bonds is 4. The number of nitro groups is 1. The summed E-state index contributed by atoms with van der Waals surface area (Å²) in [5.41, 5.74) is -0.555. The van der Waals surface area contributed by atoms with Crippen LogP contribution in [0, 0.1) is 21.4 Å². The number of benzene rings is 2. The molecule has 0 unspecified atom stereocenters. The maximum absolute atomic E-state index is 12.1. The van der Waals surface area contributed by atoms with E-state index in [-0.39, 0.29) is 11.1 Å². The predicted molar refractivity (Wildman–Crippen MR) is 85.1 cm³/mol. The van der Waals surface area contributed by atoms with Crippen molar-refractivity contribution < 1.29 is 19.9 Å². The molecule has 1 amide bonds. The van der Waals surface area contributed by atoms with Crippen LogP contribution in [0.3, 0.4) is 0 Å². The van der Waals surface area contributed by atoms with Crippen molar-refractivity contribution in [3.63, 3.8) is 0 Å². The van der Waals surface area contributed by atoms with Crippen molar-refractivity contribution in [2.24, 2.45) is 0 Å². The number of hydrogen-bond donors (Lipinski definition) is 3. The van der Waals surface area contributed by atoms with E-state index in [1.165, 1.54) is 0 Å². The minimum atomic E-state index is -0.886. The van der Waals surface area contributed by atoms with Crippen molar-refractivity contribution in [1.29, 1.82) is 5.26 Å². The molecule has 3 N–H and O–H groups in total. The van der Waals surface area contributed by atoms with Crippen LogP contribution in [0.5, 0.6) is 11.5 Å². The van der Waals surface area contributed by atoms with E-state index >= 15 is 0 Å². The van der Waals surface area contributed by atoms with Gasteiger partial charge >= 0.3 is 5.69 Å². The summed E-state index contributed by atoms with van der Waals surface area (Å²) in [5, 5.41) is 41.4. The molecular weight excluding hydrogens is 314 g/mol. The van der Waals surface area contributed by atoms with Crippen LogP contribution in [0.25, 0.3) is 6.08 Å². The number of phenols is 2. The van der Waals surface area contributed by atoms with E-state index in [0.29, 0.717) is 5.69 Å². The number of carbonyl (C=O) groups is 1. The summed E-state index contributed by atoms with van der Waals surface area (Å²) in [6.07, 6.45) is 1.07. The van der Waals surface area contributed by atoms with E-state index in [1.807, 2.05) is 0 Å². The van der Waals surface area contributed by atoms with Gasteiger partial charge in [0, 0.05) is 11.8 Å². The maximum Gasteiger partial charge on any atom is 0.315 e. The molecule has 0 fully saturated rings. The normalized spacial score (nSPS) is 10.7. The monoisotopic (exact) mass is 325 g/mol. The van der Waals surface area contributed by atoms with Crippen molar-refractivity contribution in [3.8, 4) is 17.6 Å². The summed E-state index contributed by atoms with van der Waals surface area (Å²) in [7, 11) is 0. The highest BCUT2D eigenvalue weighted by molar-refractivity contribution is 6.09.